The van der Waals surface area contributed by atoms with Gasteiger partial charge in [0.25, 0.3) is 0 Å². The molecule has 5 nitrogen and oxygen atoms in total. The summed E-state index contributed by atoms with van der Waals surface area (Å²) in [6.07, 6.45) is 6.97. The normalized spacial score (nSPS) is 29.1. The maximum Gasteiger partial charge on any atom is 0.315 e. The van der Waals surface area contributed by atoms with Gasteiger partial charge >= 0.3 is 12.0 Å². The summed E-state index contributed by atoms with van der Waals surface area (Å²) in [5.41, 5.74) is -0.0774. The largest absolute Gasteiger partial charge is 0.481 e. The third-order valence-corrected chi connectivity index (χ3v) is 4.62. The van der Waals surface area contributed by atoms with Crippen LogP contribution in [0.25, 0.3) is 0 Å². The van der Waals surface area contributed by atoms with Crippen molar-refractivity contribution < 1.29 is 14.7 Å². The Morgan fingerprint density at radius 1 is 1.21 bits per heavy atom. The highest BCUT2D eigenvalue weighted by molar-refractivity contribution is 5.75. The van der Waals surface area contributed by atoms with Crippen molar-refractivity contribution >= 4 is 12.0 Å². The number of carbonyl (C=O) groups is 2. The molecular weight excluding hydrogens is 244 g/mol. The fraction of sp³-hybridized carbons (Fsp3) is 0.857. The average molecular weight is 268 g/mol. The van der Waals surface area contributed by atoms with Gasteiger partial charge in [0.1, 0.15) is 0 Å². The third-order valence-electron chi connectivity index (χ3n) is 4.62. The minimum atomic E-state index is -0.729. The van der Waals surface area contributed by atoms with E-state index in [1.165, 1.54) is 12.8 Å². The van der Waals surface area contributed by atoms with E-state index in [-0.39, 0.29) is 23.4 Å². The number of amides is 2. The van der Waals surface area contributed by atoms with E-state index in [9.17, 15) is 9.59 Å². The van der Waals surface area contributed by atoms with Crippen molar-refractivity contribution in [3.8, 4) is 0 Å². The fourth-order valence-electron chi connectivity index (χ4n) is 3.43. The van der Waals surface area contributed by atoms with Gasteiger partial charge in [0.2, 0.25) is 0 Å². The molecule has 0 aliphatic heterocycles. The maximum absolute atomic E-state index is 11.9. The van der Waals surface area contributed by atoms with Crippen molar-refractivity contribution in [2.24, 2.45) is 11.8 Å². The molecule has 0 aromatic rings. The molecule has 19 heavy (non-hydrogen) atoms. The van der Waals surface area contributed by atoms with E-state index in [0.717, 1.165) is 32.1 Å². The minimum absolute atomic E-state index is 0.0774. The highest BCUT2D eigenvalue weighted by Crippen LogP contribution is 2.31. The van der Waals surface area contributed by atoms with Crippen LogP contribution in [-0.4, -0.2) is 29.2 Å². The Balaban J connectivity index is 1.75. The predicted octanol–water partition coefficient (Wildman–Crippen LogP) is 2.12. The number of nitrogens with one attached hydrogen (secondary N) is 2. The number of carbonyl (C=O) groups excluding carboxylic acids is 1. The first-order chi connectivity index (χ1) is 9.00. The average Bonchev–Trinajstić information content (AvgIpc) is 2.95. The number of aliphatic carboxylic acids is 1. The second-order valence-electron chi connectivity index (χ2n) is 6.24. The summed E-state index contributed by atoms with van der Waals surface area (Å²) < 4.78 is 0. The Hall–Kier alpha value is -1.26. The first kappa shape index (κ1) is 14.2. The molecule has 0 saturated heterocycles. The first-order valence-corrected chi connectivity index (χ1v) is 7.29. The summed E-state index contributed by atoms with van der Waals surface area (Å²) in [6.45, 7) is 2.55. The van der Waals surface area contributed by atoms with E-state index in [2.05, 4.69) is 17.6 Å². The van der Waals surface area contributed by atoms with E-state index < -0.39 is 5.97 Å². The smallest absolute Gasteiger partial charge is 0.315 e. The molecule has 0 aromatic heterocycles. The molecule has 2 fully saturated rings. The predicted molar refractivity (Wildman–Crippen MR) is 71.9 cm³/mol. The zero-order chi connectivity index (χ0) is 13.9. The molecule has 5 heteroatoms. The first-order valence-electron chi connectivity index (χ1n) is 7.29. The van der Waals surface area contributed by atoms with Crippen LogP contribution >= 0.6 is 0 Å². The molecule has 2 aliphatic rings. The molecule has 2 saturated carbocycles. The van der Waals surface area contributed by atoms with E-state index in [4.69, 9.17) is 5.11 Å². The van der Waals surface area contributed by atoms with Gasteiger partial charge in [-0.2, -0.15) is 0 Å². The second kappa shape index (κ2) is 5.80. The van der Waals surface area contributed by atoms with Crippen LogP contribution in [0.15, 0.2) is 0 Å². The molecule has 0 radical (unpaired) electrons. The standard InChI is InChI=1S/C14H24N2O3/c1-14(7-2-3-8-14)16-13(19)15-9-10-5-4-6-11(10)12(17)18/h10-11H,2-9H2,1H3,(H,17,18)(H2,15,16,19). The summed E-state index contributed by atoms with van der Waals surface area (Å²) in [5, 5.41) is 15.0. The quantitative estimate of drug-likeness (QED) is 0.730. The van der Waals surface area contributed by atoms with Crippen molar-refractivity contribution in [1.82, 2.24) is 10.6 Å². The molecule has 0 spiro atoms. The summed E-state index contributed by atoms with van der Waals surface area (Å²) in [6, 6.07) is -0.152. The molecule has 0 heterocycles. The van der Waals surface area contributed by atoms with Crippen LogP contribution in [0.3, 0.4) is 0 Å². The van der Waals surface area contributed by atoms with E-state index >= 15 is 0 Å². The van der Waals surface area contributed by atoms with Crippen LogP contribution in [0, 0.1) is 11.8 Å². The van der Waals surface area contributed by atoms with Crippen LogP contribution in [0.5, 0.6) is 0 Å². The van der Waals surface area contributed by atoms with Crippen LogP contribution in [-0.2, 0) is 4.79 Å². The molecule has 108 valence electrons. The van der Waals surface area contributed by atoms with Gasteiger partial charge in [0.15, 0.2) is 0 Å². The lowest BCUT2D eigenvalue weighted by Gasteiger charge is -2.26. The number of hydrogen-bond donors (Lipinski definition) is 3. The fourth-order valence-corrected chi connectivity index (χ4v) is 3.43. The van der Waals surface area contributed by atoms with Crippen molar-refractivity contribution in [3.63, 3.8) is 0 Å². The summed E-state index contributed by atoms with van der Waals surface area (Å²) in [7, 11) is 0. The van der Waals surface area contributed by atoms with Gasteiger partial charge in [-0.3, -0.25) is 4.79 Å². The number of carboxylic acids is 1. The molecule has 0 bridgehead atoms. The number of hydrogen-bond acceptors (Lipinski definition) is 2. The summed E-state index contributed by atoms with van der Waals surface area (Å²) in [4.78, 5) is 22.9. The second-order valence-corrected chi connectivity index (χ2v) is 6.24. The summed E-state index contributed by atoms with van der Waals surface area (Å²) >= 11 is 0. The lowest BCUT2D eigenvalue weighted by atomic mass is 9.96. The molecule has 3 N–H and O–H groups in total. The Labute approximate surface area is 114 Å². The lowest BCUT2D eigenvalue weighted by molar-refractivity contribution is -0.142. The van der Waals surface area contributed by atoms with Gasteiger partial charge in [0, 0.05) is 12.1 Å². The molecule has 2 aliphatic carbocycles. The molecule has 2 atom stereocenters. The van der Waals surface area contributed by atoms with E-state index in [0.29, 0.717) is 6.54 Å². The maximum atomic E-state index is 11.9. The van der Waals surface area contributed by atoms with Gasteiger partial charge < -0.3 is 15.7 Å². The molecule has 2 unspecified atom stereocenters. The minimum Gasteiger partial charge on any atom is -0.481 e. The number of carboxylic acid groups (broad SMARTS) is 1. The highest BCUT2D eigenvalue weighted by atomic mass is 16.4. The lowest BCUT2D eigenvalue weighted by Crippen LogP contribution is -2.49. The van der Waals surface area contributed by atoms with Gasteiger partial charge in [-0.1, -0.05) is 19.3 Å². The third kappa shape index (κ3) is 3.61. The van der Waals surface area contributed by atoms with Gasteiger partial charge in [-0.25, -0.2) is 4.79 Å². The van der Waals surface area contributed by atoms with Crippen LogP contribution in [0.2, 0.25) is 0 Å². The van der Waals surface area contributed by atoms with Crippen LogP contribution < -0.4 is 10.6 Å². The Morgan fingerprint density at radius 3 is 2.53 bits per heavy atom. The van der Waals surface area contributed by atoms with Gasteiger partial charge in [-0.05, 0) is 38.5 Å². The number of rotatable bonds is 4. The Kier molecular flexibility index (Phi) is 4.32. The molecule has 2 amide bonds. The molecular formula is C14H24N2O3. The molecule has 2 rings (SSSR count). The van der Waals surface area contributed by atoms with Crippen molar-refractivity contribution in [3.05, 3.63) is 0 Å². The zero-order valence-electron chi connectivity index (χ0n) is 11.6. The Morgan fingerprint density at radius 2 is 1.89 bits per heavy atom. The topological polar surface area (TPSA) is 78.4 Å². The van der Waals surface area contributed by atoms with Crippen molar-refractivity contribution in [1.29, 1.82) is 0 Å². The van der Waals surface area contributed by atoms with Gasteiger partial charge in [-0.15, -0.1) is 0 Å². The highest BCUT2D eigenvalue weighted by Gasteiger charge is 2.34. The molecule has 0 aromatic carbocycles. The van der Waals surface area contributed by atoms with Crippen LogP contribution in [0.1, 0.15) is 51.9 Å². The monoisotopic (exact) mass is 268 g/mol. The Bertz CT molecular complexity index is 351. The summed E-state index contributed by atoms with van der Waals surface area (Å²) in [5.74, 6) is -0.936. The van der Waals surface area contributed by atoms with Crippen LogP contribution in [0.4, 0.5) is 4.79 Å². The SMILES string of the molecule is CC1(NC(=O)NCC2CCCC2C(=O)O)CCCC1. The van der Waals surface area contributed by atoms with E-state index in [1.807, 2.05) is 0 Å². The van der Waals surface area contributed by atoms with Gasteiger partial charge in [0.05, 0.1) is 5.92 Å². The van der Waals surface area contributed by atoms with E-state index in [1.54, 1.807) is 0 Å². The van der Waals surface area contributed by atoms with Crippen molar-refractivity contribution in [2.45, 2.75) is 57.4 Å². The zero-order valence-corrected chi connectivity index (χ0v) is 11.6. The van der Waals surface area contributed by atoms with Crippen molar-refractivity contribution in [2.75, 3.05) is 6.54 Å². The number of urea groups is 1.